The third-order valence-electron chi connectivity index (χ3n) is 10.8. The monoisotopic (exact) mass is 461 g/mol. The third kappa shape index (κ3) is 4.26. The van der Waals surface area contributed by atoms with E-state index in [2.05, 4.69) is 26.1 Å². The number of Topliss-reactive ketones (excluding diaryl/α,β-unsaturated/α-hetero) is 1. The van der Waals surface area contributed by atoms with Gasteiger partial charge in [-0.1, -0.05) is 20.8 Å². The summed E-state index contributed by atoms with van der Waals surface area (Å²) in [6, 6.07) is -0.861. The van der Waals surface area contributed by atoms with Crippen LogP contribution in [0.3, 0.4) is 0 Å². The van der Waals surface area contributed by atoms with Crippen LogP contribution in [0.1, 0.15) is 91.9 Å². The second kappa shape index (κ2) is 8.98. The lowest BCUT2D eigenvalue weighted by Crippen LogP contribution is -2.57. The summed E-state index contributed by atoms with van der Waals surface area (Å²) in [4.78, 5) is 36.7. The van der Waals surface area contributed by atoms with E-state index in [0.717, 1.165) is 51.4 Å². The Labute approximate surface area is 198 Å². The van der Waals surface area contributed by atoms with Gasteiger partial charge in [-0.05, 0) is 98.7 Å². The molecule has 4 aliphatic rings. The molecule has 4 rings (SSSR count). The Morgan fingerprint density at radius 1 is 1.06 bits per heavy atom. The van der Waals surface area contributed by atoms with Gasteiger partial charge in [0.2, 0.25) is 5.91 Å². The third-order valence-corrected chi connectivity index (χ3v) is 10.8. The van der Waals surface area contributed by atoms with Crippen molar-refractivity contribution < 1.29 is 24.6 Å². The molecule has 186 valence electrons. The molecule has 0 spiro atoms. The first-order valence-electron chi connectivity index (χ1n) is 13.2. The highest BCUT2D eigenvalue weighted by Crippen LogP contribution is 2.67. The maximum absolute atomic E-state index is 13.5. The minimum atomic E-state index is -1.01. The fourth-order valence-electron chi connectivity index (χ4n) is 8.82. The summed E-state index contributed by atoms with van der Waals surface area (Å²) >= 11 is 0. The molecule has 10 unspecified atom stereocenters. The van der Waals surface area contributed by atoms with E-state index < -0.39 is 12.0 Å². The van der Waals surface area contributed by atoms with E-state index in [0.29, 0.717) is 48.2 Å². The van der Waals surface area contributed by atoms with E-state index in [1.807, 2.05) is 0 Å². The van der Waals surface area contributed by atoms with Crippen molar-refractivity contribution in [3.05, 3.63) is 0 Å². The Morgan fingerprint density at radius 2 is 1.73 bits per heavy atom. The Balaban J connectivity index is 1.44. The van der Waals surface area contributed by atoms with Crippen LogP contribution in [-0.4, -0.2) is 40.0 Å². The van der Waals surface area contributed by atoms with Gasteiger partial charge in [-0.2, -0.15) is 0 Å². The van der Waals surface area contributed by atoms with Crippen molar-refractivity contribution >= 4 is 17.7 Å². The summed E-state index contributed by atoms with van der Waals surface area (Å²) in [5.41, 5.74) is 0.320. The number of hydrogen-bond acceptors (Lipinski definition) is 4. The maximum Gasteiger partial charge on any atom is 0.325 e. The first-order chi connectivity index (χ1) is 15.5. The molecule has 0 aromatic heterocycles. The van der Waals surface area contributed by atoms with E-state index >= 15 is 0 Å². The zero-order valence-electron chi connectivity index (χ0n) is 20.8. The molecular weight excluding hydrogens is 418 g/mol. The van der Waals surface area contributed by atoms with E-state index in [4.69, 9.17) is 5.11 Å². The molecule has 33 heavy (non-hydrogen) atoms. The van der Waals surface area contributed by atoms with Gasteiger partial charge in [0.05, 0.1) is 6.10 Å². The summed E-state index contributed by atoms with van der Waals surface area (Å²) in [6.45, 7) is 8.54. The lowest BCUT2D eigenvalue weighted by molar-refractivity contribution is -0.160. The van der Waals surface area contributed by atoms with Gasteiger partial charge in [-0.15, -0.1) is 0 Å². The number of carboxylic acid groups (broad SMARTS) is 1. The predicted molar refractivity (Wildman–Crippen MR) is 125 cm³/mol. The Bertz CT molecular complexity index is 797. The lowest BCUT2D eigenvalue weighted by atomic mass is 9.44. The second-order valence-corrected chi connectivity index (χ2v) is 12.4. The van der Waals surface area contributed by atoms with Crippen LogP contribution in [0, 0.1) is 46.3 Å². The molecule has 3 N–H and O–H groups in total. The van der Waals surface area contributed by atoms with Crippen molar-refractivity contribution in [2.45, 2.75) is 104 Å². The molecule has 0 bridgehead atoms. The number of carbonyl (C=O) groups excluding carboxylic acids is 2. The first kappa shape index (κ1) is 24.7. The number of aliphatic carboxylic acids is 1. The highest BCUT2D eigenvalue weighted by molar-refractivity contribution is 5.84. The summed E-state index contributed by atoms with van der Waals surface area (Å²) in [5, 5.41) is 21.8. The minimum absolute atomic E-state index is 0.137. The lowest BCUT2D eigenvalue weighted by Gasteiger charge is -2.60. The maximum atomic E-state index is 13.5. The van der Waals surface area contributed by atoms with Gasteiger partial charge in [0, 0.05) is 18.8 Å². The highest BCUT2D eigenvalue weighted by Gasteiger charge is 2.63. The number of aliphatic hydroxyl groups is 1. The first-order valence-corrected chi connectivity index (χ1v) is 13.2. The molecule has 0 aromatic rings. The molecular formula is C27H43NO5. The Hall–Kier alpha value is -1.43. The van der Waals surface area contributed by atoms with Crippen molar-refractivity contribution in [2.24, 2.45) is 46.3 Å². The normalized spacial score (nSPS) is 44.2. The Kier molecular flexibility index (Phi) is 6.71. The molecule has 0 aliphatic heterocycles. The van der Waals surface area contributed by atoms with Crippen LogP contribution in [0.2, 0.25) is 0 Å². The van der Waals surface area contributed by atoms with E-state index in [9.17, 15) is 19.5 Å². The molecule has 1 amide bonds. The van der Waals surface area contributed by atoms with Gasteiger partial charge in [0.1, 0.15) is 11.8 Å². The molecule has 4 fully saturated rings. The number of aliphatic hydroxyl groups excluding tert-OH is 1. The number of amides is 1. The highest BCUT2D eigenvalue weighted by atomic mass is 16.4. The number of rotatable bonds is 6. The van der Waals surface area contributed by atoms with Gasteiger partial charge in [-0.3, -0.25) is 14.4 Å². The van der Waals surface area contributed by atoms with Crippen molar-refractivity contribution in [1.82, 2.24) is 5.32 Å². The number of hydrogen-bond donors (Lipinski definition) is 3. The standard InChI is InChI=1S/C27H43NO5/c1-15(5-8-23(31)28-16(2)25(32)33)19-6-7-20-24-21(10-12-27(19,20)4)26(3)11-9-18(29)13-17(26)14-22(24)30/h15-21,24,29H,5-14H2,1-4H3,(H,28,31)(H,32,33). The largest absolute Gasteiger partial charge is 0.480 e. The van der Waals surface area contributed by atoms with E-state index in [1.165, 1.54) is 6.92 Å². The summed E-state index contributed by atoms with van der Waals surface area (Å²) in [6.07, 6.45) is 8.67. The van der Waals surface area contributed by atoms with Crippen molar-refractivity contribution in [3.63, 3.8) is 0 Å². The van der Waals surface area contributed by atoms with Gasteiger partial charge < -0.3 is 15.5 Å². The zero-order chi connectivity index (χ0) is 24.1. The average Bonchev–Trinajstić information content (AvgIpc) is 3.10. The predicted octanol–water partition coefficient (Wildman–Crippen LogP) is 4.19. The Morgan fingerprint density at radius 3 is 2.42 bits per heavy atom. The van der Waals surface area contributed by atoms with Gasteiger partial charge in [-0.25, -0.2) is 0 Å². The van der Waals surface area contributed by atoms with Crippen LogP contribution in [0.15, 0.2) is 0 Å². The molecule has 4 aliphatic carbocycles. The number of fused-ring (bicyclic) bond motifs is 5. The van der Waals surface area contributed by atoms with Crippen LogP contribution < -0.4 is 5.32 Å². The number of nitrogens with one attached hydrogen (secondary N) is 1. The van der Waals surface area contributed by atoms with Gasteiger partial charge in [0.25, 0.3) is 0 Å². The SMILES string of the molecule is CC(NC(=O)CCC(C)C1CCC2C3C(=O)CC4CC(O)CCC4(C)C3CCC12C)C(=O)O. The minimum Gasteiger partial charge on any atom is -0.480 e. The number of carbonyl (C=O) groups is 3. The van der Waals surface area contributed by atoms with Crippen molar-refractivity contribution in [3.8, 4) is 0 Å². The number of ketones is 1. The fraction of sp³-hybridized carbons (Fsp3) is 0.889. The average molecular weight is 462 g/mol. The topological polar surface area (TPSA) is 104 Å². The van der Waals surface area contributed by atoms with Crippen LogP contribution in [0.25, 0.3) is 0 Å². The second-order valence-electron chi connectivity index (χ2n) is 12.4. The molecule has 0 saturated heterocycles. The van der Waals surface area contributed by atoms with E-state index in [1.54, 1.807) is 0 Å². The van der Waals surface area contributed by atoms with Crippen LogP contribution >= 0.6 is 0 Å². The molecule has 0 radical (unpaired) electrons. The van der Waals surface area contributed by atoms with Crippen LogP contribution in [0.5, 0.6) is 0 Å². The smallest absolute Gasteiger partial charge is 0.325 e. The molecule has 6 heteroatoms. The van der Waals surface area contributed by atoms with Crippen LogP contribution in [0.4, 0.5) is 0 Å². The van der Waals surface area contributed by atoms with Gasteiger partial charge >= 0.3 is 5.97 Å². The quantitative estimate of drug-likeness (QED) is 0.550. The molecule has 10 atom stereocenters. The van der Waals surface area contributed by atoms with Gasteiger partial charge in [0.15, 0.2) is 0 Å². The molecule has 6 nitrogen and oxygen atoms in total. The van der Waals surface area contributed by atoms with E-state index in [-0.39, 0.29) is 28.8 Å². The molecule has 0 aromatic carbocycles. The van der Waals surface area contributed by atoms with Crippen LogP contribution in [-0.2, 0) is 14.4 Å². The summed E-state index contributed by atoms with van der Waals surface area (Å²) in [7, 11) is 0. The zero-order valence-corrected chi connectivity index (χ0v) is 20.8. The number of carboxylic acids is 1. The fourth-order valence-corrected chi connectivity index (χ4v) is 8.82. The summed E-state index contributed by atoms with van der Waals surface area (Å²) in [5.74, 6) is 1.49. The molecule has 0 heterocycles. The summed E-state index contributed by atoms with van der Waals surface area (Å²) < 4.78 is 0. The van der Waals surface area contributed by atoms with Crippen molar-refractivity contribution in [1.29, 1.82) is 0 Å². The van der Waals surface area contributed by atoms with Crippen molar-refractivity contribution in [2.75, 3.05) is 0 Å². The molecule has 4 saturated carbocycles.